The number of nitrogens with zero attached hydrogens (tertiary/aromatic N) is 2. The van der Waals surface area contributed by atoms with Crippen LogP contribution in [0.5, 0.6) is 0 Å². The molecule has 0 N–H and O–H groups in total. The molecule has 0 bridgehead atoms. The molecule has 0 amide bonds. The van der Waals surface area contributed by atoms with Gasteiger partial charge in [0, 0.05) is 12.0 Å². The van der Waals surface area contributed by atoms with Gasteiger partial charge in [-0.3, -0.25) is 0 Å². The van der Waals surface area contributed by atoms with Crippen LogP contribution in [-0.4, -0.2) is 10.1 Å². The minimum atomic E-state index is 0.636. The molecule has 1 aromatic heterocycles. The Hall–Kier alpha value is -1.64. The number of unbranched alkanes of at least 4 members (excludes halogenated alkanes) is 6. The fourth-order valence-corrected chi connectivity index (χ4v) is 2.49. The summed E-state index contributed by atoms with van der Waals surface area (Å²) in [5.41, 5.74) is 2.22. The molecule has 3 heteroatoms. The highest BCUT2D eigenvalue weighted by Gasteiger charge is 2.08. The summed E-state index contributed by atoms with van der Waals surface area (Å²) in [5, 5.41) is 4.08. The Bertz CT molecular complexity index is 534. The highest BCUT2D eigenvalue weighted by molar-refractivity contribution is 5.53. The molecule has 0 spiro atoms. The third kappa shape index (κ3) is 5.33. The average Bonchev–Trinajstić information content (AvgIpc) is 2.95. The van der Waals surface area contributed by atoms with E-state index in [9.17, 15) is 0 Å². The number of aryl methyl sites for hydroxylation is 2. The Labute approximate surface area is 127 Å². The van der Waals surface area contributed by atoms with Crippen LogP contribution in [0.2, 0.25) is 0 Å². The lowest BCUT2D eigenvalue weighted by Crippen LogP contribution is -1.89. The van der Waals surface area contributed by atoms with Crippen molar-refractivity contribution in [2.75, 3.05) is 0 Å². The van der Waals surface area contributed by atoms with Gasteiger partial charge >= 0.3 is 0 Å². The Morgan fingerprint density at radius 3 is 2.52 bits per heavy atom. The van der Waals surface area contributed by atoms with Gasteiger partial charge in [0.15, 0.2) is 5.82 Å². The summed E-state index contributed by atoms with van der Waals surface area (Å²) in [6.45, 7) is 4.32. The van der Waals surface area contributed by atoms with E-state index < -0.39 is 0 Å². The van der Waals surface area contributed by atoms with E-state index in [0.29, 0.717) is 5.89 Å². The minimum absolute atomic E-state index is 0.636. The van der Waals surface area contributed by atoms with Crippen molar-refractivity contribution >= 4 is 0 Å². The van der Waals surface area contributed by atoms with E-state index in [1.165, 1.54) is 44.1 Å². The van der Waals surface area contributed by atoms with Crippen LogP contribution in [0.15, 0.2) is 28.8 Å². The summed E-state index contributed by atoms with van der Waals surface area (Å²) in [6, 6.07) is 8.17. The zero-order chi connectivity index (χ0) is 14.9. The third-order valence-corrected chi connectivity index (χ3v) is 3.74. The standard InChI is InChI=1S/C18H26N2O/c1-3-4-5-6-7-8-9-13-17-19-18(21-20-17)16-12-10-11-15(2)14-16/h10-12,14H,3-9,13H2,1-2H3. The molecule has 0 fully saturated rings. The van der Waals surface area contributed by atoms with Crippen LogP contribution in [0.3, 0.4) is 0 Å². The fraction of sp³-hybridized carbons (Fsp3) is 0.556. The Morgan fingerprint density at radius 2 is 1.76 bits per heavy atom. The Balaban J connectivity index is 1.73. The lowest BCUT2D eigenvalue weighted by atomic mass is 10.1. The Kier molecular flexibility index (Phi) is 6.45. The number of hydrogen-bond acceptors (Lipinski definition) is 3. The summed E-state index contributed by atoms with van der Waals surface area (Å²) >= 11 is 0. The van der Waals surface area contributed by atoms with E-state index in [0.717, 1.165) is 24.2 Å². The van der Waals surface area contributed by atoms with Gasteiger partial charge < -0.3 is 4.52 Å². The van der Waals surface area contributed by atoms with Crippen molar-refractivity contribution < 1.29 is 4.52 Å². The molecule has 1 aromatic carbocycles. The predicted molar refractivity (Wildman–Crippen MR) is 86.2 cm³/mol. The molecule has 114 valence electrons. The molecular formula is C18H26N2O. The zero-order valence-electron chi connectivity index (χ0n) is 13.3. The number of benzene rings is 1. The molecule has 1 heterocycles. The van der Waals surface area contributed by atoms with Crippen molar-refractivity contribution in [3.8, 4) is 11.5 Å². The van der Waals surface area contributed by atoms with Gasteiger partial charge in [-0.2, -0.15) is 4.98 Å². The van der Waals surface area contributed by atoms with Gasteiger partial charge in [-0.15, -0.1) is 0 Å². The van der Waals surface area contributed by atoms with E-state index in [4.69, 9.17) is 4.52 Å². The second kappa shape index (κ2) is 8.60. The maximum absolute atomic E-state index is 5.35. The van der Waals surface area contributed by atoms with Gasteiger partial charge in [0.05, 0.1) is 0 Å². The van der Waals surface area contributed by atoms with Gasteiger partial charge in [0.25, 0.3) is 5.89 Å². The van der Waals surface area contributed by atoms with Gasteiger partial charge in [-0.1, -0.05) is 68.3 Å². The molecular weight excluding hydrogens is 260 g/mol. The second-order valence-corrected chi connectivity index (χ2v) is 5.76. The molecule has 0 unspecified atom stereocenters. The van der Waals surface area contributed by atoms with Gasteiger partial charge in [0.2, 0.25) is 0 Å². The smallest absolute Gasteiger partial charge is 0.257 e. The molecule has 0 saturated carbocycles. The van der Waals surface area contributed by atoms with Crippen molar-refractivity contribution in [2.24, 2.45) is 0 Å². The van der Waals surface area contributed by atoms with Crippen molar-refractivity contribution in [1.29, 1.82) is 0 Å². The van der Waals surface area contributed by atoms with E-state index >= 15 is 0 Å². The lowest BCUT2D eigenvalue weighted by Gasteiger charge is -1.99. The maximum Gasteiger partial charge on any atom is 0.257 e. The first-order valence-electron chi connectivity index (χ1n) is 8.19. The van der Waals surface area contributed by atoms with Crippen molar-refractivity contribution in [2.45, 2.75) is 65.2 Å². The van der Waals surface area contributed by atoms with E-state index in [-0.39, 0.29) is 0 Å². The molecule has 0 saturated heterocycles. The lowest BCUT2D eigenvalue weighted by molar-refractivity contribution is 0.421. The quantitative estimate of drug-likeness (QED) is 0.584. The first-order chi connectivity index (χ1) is 10.3. The van der Waals surface area contributed by atoms with Crippen LogP contribution in [0, 0.1) is 6.92 Å². The highest BCUT2D eigenvalue weighted by Crippen LogP contribution is 2.19. The summed E-state index contributed by atoms with van der Waals surface area (Å²) in [6.07, 6.45) is 10.1. The molecule has 0 aliphatic heterocycles. The average molecular weight is 286 g/mol. The molecule has 0 atom stereocenters. The Morgan fingerprint density at radius 1 is 1.00 bits per heavy atom. The third-order valence-electron chi connectivity index (χ3n) is 3.74. The molecule has 0 aliphatic carbocycles. The van der Waals surface area contributed by atoms with Crippen LogP contribution >= 0.6 is 0 Å². The first-order valence-corrected chi connectivity index (χ1v) is 8.19. The van der Waals surface area contributed by atoms with Crippen LogP contribution in [0.1, 0.15) is 63.3 Å². The van der Waals surface area contributed by atoms with Gasteiger partial charge in [0.1, 0.15) is 0 Å². The summed E-state index contributed by atoms with van der Waals surface area (Å²) < 4.78 is 5.35. The largest absolute Gasteiger partial charge is 0.334 e. The zero-order valence-corrected chi connectivity index (χ0v) is 13.3. The maximum atomic E-state index is 5.35. The molecule has 21 heavy (non-hydrogen) atoms. The number of hydrogen-bond donors (Lipinski definition) is 0. The predicted octanol–water partition coefficient (Wildman–Crippen LogP) is 5.34. The molecule has 2 rings (SSSR count). The topological polar surface area (TPSA) is 38.9 Å². The SMILES string of the molecule is CCCCCCCCCc1noc(-c2cccc(C)c2)n1. The first kappa shape index (κ1) is 15.7. The molecule has 0 radical (unpaired) electrons. The van der Waals surface area contributed by atoms with E-state index in [1.54, 1.807) is 0 Å². The van der Waals surface area contributed by atoms with E-state index in [1.807, 2.05) is 12.1 Å². The normalized spacial score (nSPS) is 11.0. The highest BCUT2D eigenvalue weighted by atomic mass is 16.5. The van der Waals surface area contributed by atoms with Crippen molar-refractivity contribution in [1.82, 2.24) is 10.1 Å². The van der Waals surface area contributed by atoms with E-state index in [2.05, 4.69) is 36.1 Å². The second-order valence-electron chi connectivity index (χ2n) is 5.76. The van der Waals surface area contributed by atoms with Crippen LogP contribution in [0.4, 0.5) is 0 Å². The van der Waals surface area contributed by atoms with Gasteiger partial charge in [-0.25, -0.2) is 0 Å². The van der Waals surface area contributed by atoms with Crippen LogP contribution < -0.4 is 0 Å². The van der Waals surface area contributed by atoms with Crippen molar-refractivity contribution in [3.63, 3.8) is 0 Å². The summed E-state index contributed by atoms with van der Waals surface area (Å²) in [7, 11) is 0. The number of aromatic nitrogens is 2. The number of rotatable bonds is 9. The summed E-state index contributed by atoms with van der Waals surface area (Å²) in [4.78, 5) is 4.49. The molecule has 2 aromatic rings. The monoisotopic (exact) mass is 286 g/mol. The van der Waals surface area contributed by atoms with Crippen LogP contribution in [-0.2, 0) is 6.42 Å². The fourth-order valence-electron chi connectivity index (χ4n) is 2.49. The molecule has 0 aliphatic rings. The minimum Gasteiger partial charge on any atom is -0.334 e. The van der Waals surface area contributed by atoms with Crippen molar-refractivity contribution in [3.05, 3.63) is 35.7 Å². The van der Waals surface area contributed by atoms with Gasteiger partial charge in [-0.05, 0) is 25.5 Å². The summed E-state index contributed by atoms with van der Waals surface area (Å²) in [5.74, 6) is 1.47. The van der Waals surface area contributed by atoms with Crippen LogP contribution in [0.25, 0.3) is 11.5 Å². The molecule has 3 nitrogen and oxygen atoms in total.